The molecule has 0 atom stereocenters. The van der Waals surface area contributed by atoms with E-state index in [-0.39, 0.29) is 11.8 Å². The molecule has 0 radical (unpaired) electrons. The number of hydrogen-bond acceptors (Lipinski definition) is 6. The Labute approximate surface area is 147 Å². The van der Waals surface area contributed by atoms with Crippen LogP contribution in [0.3, 0.4) is 0 Å². The van der Waals surface area contributed by atoms with Gasteiger partial charge in [-0.25, -0.2) is 9.97 Å². The maximum Gasteiger partial charge on any atom is 0.257 e. The monoisotopic (exact) mass is 344 g/mol. The Hall–Kier alpha value is -2.41. The summed E-state index contributed by atoms with van der Waals surface area (Å²) in [6, 6.07) is 7.75. The molecule has 0 saturated carbocycles. The van der Waals surface area contributed by atoms with Gasteiger partial charge in [0.15, 0.2) is 5.82 Å². The van der Waals surface area contributed by atoms with Gasteiger partial charge in [-0.15, -0.1) is 0 Å². The van der Waals surface area contributed by atoms with E-state index < -0.39 is 0 Å². The van der Waals surface area contributed by atoms with Crippen LogP contribution in [-0.4, -0.2) is 56.3 Å². The first-order valence-corrected chi connectivity index (χ1v) is 8.55. The van der Waals surface area contributed by atoms with Gasteiger partial charge in [0.05, 0.1) is 24.8 Å². The van der Waals surface area contributed by atoms with Gasteiger partial charge in [-0.1, -0.05) is 12.1 Å². The summed E-state index contributed by atoms with van der Waals surface area (Å²) in [4.78, 5) is 23.6. The first kappa shape index (κ1) is 17.4. The van der Waals surface area contributed by atoms with Crippen molar-refractivity contribution >= 4 is 22.8 Å². The van der Waals surface area contributed by atoms with Crippen LogP contribution in [0.5, 0.6) is 5.88 Å². The maximum atomic E-state index is 12.2. The quantitative estimate of drug-likeness (QED) is 0.803. The minimum absolute atomic E-state index is 0.0347. The van der Waals surface area contributed by atoms with Crippen LogP contribution in [-0.2, 0) is 9.53 Å². The van der Waals surface area contributed by atoms with Gasteiger partial charge in [-0.3, -0.25) is 4.79 Å². The molecule has 0 unspecified atom stereocenters. The zero-order valence-corrected chi connectivity index (χ0v) is 14.7. The van der Waals surface area contributed by atoms with E-state index in [0.29, 0.717) is 19.0 Å². The van der Waals surface area contributed by atoms with Crippen molar-refractivity contribution in [2.24, 2.45) is 5.92 Å². The number of aromatic nitrogens is 2. The highest BCUT2D eigenvalue weighted by atomic mass is 16.5. The third-order valence-electron chi connectivity index (χ3n) is 4.49. The molecule has 1 saturated heterocycles. The lowest BCUT2D eigenvalue weighted by Gasteiger charge is -2.32. The van der Waals surface area contributed by atoms with Crippen molar-refractivity contribution in [1.29, 1.82) is 0 Å². The van der Waals surface area contributed by atoms with Crippen LogP contribution in [0, 0.1) is 5.92 Å². The molecule has 25 heavy (non-hydrogen) atoms. The van der Waals surface area contributed by atoms with E-state index in [2.05, 4.69) is 15.2 Å². The van der Waals surface area contributed by atoms with E-state index >= 15 is 0 Å². The van der Waals surface area contributed by atoms with Gasteiger partial charge in [-0.2, -0.15) is 0 Å². The molecule has 1 aromatic heterocycles. The normalized spacial score (nSPS) is 15.4. The Balaban J connectivity index is 1.68. The van der Waals surface area contributed by atoms with Gasteiger partial charge in [0, 0.05) is 32.7 Å². The lowest BCUT2D eigenvalue weighted by molar-refractivity contribution is -0.125. The molecule has 1 amide bonds. The summed E-state index contributed by atoms with van der Waals surface area (Å²) in [5.41, 5.74) is 1.66. The molecule has 1 aliphatic heterocycles. The third-order valence-corrected chi connectivity index (χ3v) is 4.49. The number of methoxy groups -OCH3 is 2. The molecule has 1 fully saturated rings. The number of benzene rings is 1. The highest BCUT2D eigenvalue weighted by molar-refractivity contribution is 5.79. The van der Waals surface area contributed by atoms with E-state index in [0.717, 1.165) is 42.8 Å². The maximum absolute atomic E-state index is 12.2. The van der Waals surface area contributed by atoms with E-state index in [1.165, 1.54) is 0 Å². The highest BCUT2D eigenvalue weighted by Crippen LogP contribution is 2.30. The fourth-order valence-corrected chi connectivity index (χ4v) is 3.09. The van der Waals surface area contributed by atoms with Gasteiger partial charge >= 0.3 is 0 Å². The summed E-state index contributed by atoms with van der Waals surface area (Å²) in [5, 5.41) is 2.92. The summed E-state index contributed by atoms with van der Waals surface area (Å²) in [5.74, 6) is 1.42. The molecule has 0 spiro atoms. The van der Waals surface area contributed by atoms with Gasteiger partial charge in [0.1, 0.15) is 0 Å². The van der Waals surface area contributed by atoms with Crippen LogP contribution in [0.1, 0.15) is 12.8 Å². The Kier molecular flexibility index (Phi) is 5.65. The number of amides is 1. The molecule has 1 aliphatic rings. The second-order valence-electron chi connectivity index (χ2n) is 6.09. The van der Waals surface area contributed by atoms with Crippen LogP contribution < -0.4 is 15.0 Å². The SMILES string of the molecule is COCCNC(=O)C1CCN(c2nc3ccccc3nc2OC)CC1. The molecule has 0 aliphatic carbocycles. The van der Waals surface area contributed by atoms with Crippen molar-refractivity contribution in [3.05, 3.63) is 24.3 Å². The van der Waals surface area contributed by atoms with Gasteiger partial charge < -0.3 is 19.7 Å². The number of nitrogens with one attached hydrogen (secondary N) is 1. The number of carbonyl (C=O) groups excluding carboxylic acids is 1. The molecular weight excluding hydrogens is 320 g/mol. The number of para-hydroxylation sites is 2. The van der Waals surface area contributed by atoms with Crippen molar-refractivity contribution in [3.63, 3.8) is 0 Å². The van der Waals surface area contributed by atoms with E-state index in [4.69, 9.17) is 14.5 Å². The summed E-state index contributed by atoms with van der Waals surface area (Å²) < 4.78 is 10.4. The average molecular weight is 344 g/mol. The zero-order chi connectivity index (χ0) is 17.6. The van der Waals surface area contributed by atoms with E-state index in [1.807, 2.05) is 24.3 Å². The fraction of sp³-hybridized carbons (Fsp3) is 0.500. The number of ether oxygens (including phenoxy) is 2. The number of anilines is 1. The minimum Gasteiger partial charge on any atom is -0.478 e. The molecule has 134 valence electrons. The summed E-state index contributed by atoms with van der Waals surface area (Å²) in [7, 11) is 3.24. The van der Waals surface area contributed by atoms with Crippen LogP contribution in [0.15, 0.2) is 24.3 Å². The standard InChI is InChI=1S/C18H24N4O3/c1-24-12-9-19-17(23)13-7-10-22(11-8-13)16-18(25-2)21-15-6-4-3-5-14(15)20-16/h3-6,13H,7-12H2,1-2H3,(H,19,23). The lowest BCUT2D eigenvalue weighted by atomic mass is 9.96. The molecule has 7 nitrogen and oxygen atoms in total. The Bertz CT molecular complexity index is 729. The first-order chi connectivity index (χ1) is 12.2. The predicted molar refractivity (Wildman–Crippen MR) is 95.9 cm³/mol. The lowest BCUT2D eigenvalue weighted by Crippen LogP contribution is -2.41. The minimum atomic E-state index is 0.0347. The van der Waals surface area contributed by atoms with Crippen molar-refractivity contribution in [1.82, 2.24) is 15.3 Å². The number of piperidine rings is 1. The highest BCUT2D eigenvalue weighted by Gasteiger charge is 2.27. The number of carbonyl (C=O) groups is 1. The van der Waals surface area contributed by atoms with Crippen LogP contribution >= 0.6 is 0 Å². The zero-order valence-electron chi connectivity index (χ0n) is 14.7. The predicted octanol–water partition coefficient (Wildman–Crippen LogP) is 1.62. The van der Waals surface area contributed by atoms with Crippen molar-refractivity contribution < 1.29 is 14.3 Å². The van der Waals surface area contributed by atoms with Crippen molar-refractivity contribution in [2.45, 2.75) is 12.8 Å². The molecule has 2 heterocycles. The first-order valence-electron chi connectivity index (χ1n) is 8.55. The summed E-state index contributed by atoms with van der Waals surface area (Å²) >= 11 is 0. The van der Waals surface area contributed by atoms with Gasteiger partial charge in [0.25, 0.3) is 5.88 Å². The molecule has 1 N–H and O–H groups in total. The molecule has 7 heteroatoms. The van der Waals surface area contributed by atoms with E-state index in [1.54, 1.807) is 14.2 Å². The molecule has 2 aromatic rings. The molecule has 1 aromatic carbocycles. The summed E-state index contributed by atoms with van der Waals surface area (Å²) in [6.45, 7) is 2.60. The topological polar surface area (TPSA) is 76.6 Å². The smallest absolute Gasteiger partial charge is 0.257 e. The number of fused-ring (bicyclic) bond motifs is 1. The van der Waals surface area contributed by atoms with Gasteiger partial charge in [0.2, 0.25) is 5.91 Å². The number of rotatable bonds is 6. The van der Waals surface area contributed by atoms with Crippen molar-refractivity contribution in [3.8, 4) is 5.88 Å². The average Bonchev–Trinajstić information content (AvgIpc) is 2.67. The van der Waals surface area contributed by atoms with Crippen LogP contribution in [0.4, 0.5) is 5.82 Å². The second kappa shape index (κ2) is 8.11. The van der Waals surface area contributed by atoms with Crippen LogP contribution in [0.25, 0.3) is 11.0 Å². The number of nitrogens with zero attached hydrogens (tertiary/aromatic N) is 3. The Morgan fingerprint density at radius 3 is 2.52 bits per heavy atom. The Morgan fingerprint density at radius 1 is 1.20 bits per heavy atom. The second-order valence-corrected chi connectivity index (χ2v) is 6.09. The van der Waals surface area contributed by atoms with Gasteiger partial charge in [-0.05, 0) is 25.0 Å². The number of hydrogen-bond donors (Lipinski definition) is 1. The summed E-state index contributed by atoms with van der Waals surface area (Å²) in [6.07, 6.45) is 1.58. The molecule has 0 bridgehead atoms. The molecule has 3 rings (SSSR count). The van der Waals surface area contributed by atoms with E-state index in [9.17, 15) is 4.79 Å². The van der Waals surface area contributed by atoms with Crippen molar-refractivity contribution in [2.75, 3.05) is 45.4 Å². The van der Waals surface area contributed by atoms with Crippen LogP contribution in [0.2, 0.25) is 0 Å². The third kappa shape index (κ3) is 3.99. The molecular formula is C18H24N4O3. The fourth-order valence-electron chi connectivity index (χ4n) is 3.09. The Morgan fingerprint density at radius 2 is 1.88 bits per heavy atom. The largest absolute Gasteiger partial charge is 0.478 e.